The molecule has 0 aliphatic carbocycles. The Balaban J connectivity index is 1.78. The van der Waals surface area contributed by atoms with Crippen molar-refractivity contribution in [3.05, 3.63) is 65.2 Å². The minimum atomic E-state index is 0.0680. The Labute approximate surface area is 126 Å². The number of methoxy groups -OCH3 is 1. The molecule has 0 bridgehead atoms. The minimum absolute atomic E-state index is 0.0680. The standard InChI is InChI=1S/C18H21NO2/c1-14-6-8-16(9-7-14)13-19-18(20)11-10-15-4-3-5-17(12-15)21-2/h3-9,12H,10-11,13H2,1-2H3,(H,19,20). The molecular weight excluding hydrogens is 262 g/mol. The Morgan fingerprint density at radius 2 is 1.86 bits per heavy atom. The average molecular weight is 283 g/mol. The molecule has 0 aliphatic heterocycles. The van der Waals surface area contributed by atoms with Crippen molar-refractivity contribution in [1.29, 1.82) is 0 Å². The molecule has 0 aliphatic rings. The van der Waals surface area contributed by atoms with Crippen molar-refractivity contribution in [3.63, 3.8) is 0 Å². The van der Waals surface area contributed by atoms with Gasteiger partial charge >= 0.3 is 0 Å². The summed E-state index contributed by atoms with van der Waals surface area (Å²) < 4.78 is 5.18. The van der Waals surface area contributed by atoms with Gasteiger partial charge in [-0.2, -0.15) is 0 Å². The molecule has 3 nitrogen and oxygen atoms in total. The molecule has 2 aromatic rings. The first-order valence-electron chi connectivity index (χ1n) is 7.12. The number of carbonyl (C=O) groups excluding carboxylic acids is 1. The molecule has 0 heterocycles. The molecular formula is C18H21NO2. The number of benzene rings is 2. The van der Waals surface area contributed by atoms with Crippen molar-refractivity contribution in [2.75, 3.05) is 7.11 Å². The van der Waals surface area contributed by atoms with E-state index in [9.17, 15) is 4.79 Å². The Hall–Kier alpha value is -2.29. The molecule has 0 unspecified atom stereocenters. The zero-order valence-corrected chi connectivity index (χ0v) is 12.6. The molecule has 2 rings (SSSR count). The second-order valence-electron chi connectivity index (χ2n) is 5.11. The highest BCUT2D eigenvalue weighted by Crippen LogP contribution is 2.13. The fourth-order valence-corrected chi connectivity index (χ4v) is 2.08. The number of amides is 1. The number of hydrogen-bond acceptors (Lipinski definition) is 2. The summed E-state index contributed by atoms with van der Waals surface area (Å²) in [7, 11) is 1.65. The number of nitrogens with one attached hydrogen (secondary N) is 1. The molecule has 0 aromatic heterocycles. The number of ether oxygens (including phenoxy) is 1. The molecule has 21 heavy (non-hydrogen) atoms. The van der Waals surface area contributed by atoms with Crippen LogP contribution in [0.15, 0.2) is 48.5 Å². The molecule has 0 saturated carbocycles. The first kappa shape index (κ1) is 15.1. The van der Waals surface area contributed by atoms with Crippen LogP contribution >= 0.6 is 0 Å². The fourth-order valence-electron chi connectivity index (χ4n) is 2.08. The molecule has 0 saturated heterocycles. The van der Waals surface area contributed by atoms with Crippen molar-refractivity contribution in [2.24, 2.45) is 0 Å². The lowest BCUT2D eigenvalue weighted by atomic mass is 10.1. The van der Waals surface area contributed by atoms with E-state index in [2.05, 4.69) is 24.4 Å². The summed E-state index contributed by atoms with van der Waals surface area (Å²) in [5.41, 5.74) is 3.46. The summed E-state index contributed by atoms with van der Waals surface area (Å²) in [6.07, 6.45) is 1.20. The Kier molecular flexibility index (Phi) is 5.38. The average Bonchev–Trinajstić information content (AvgIpc) is 2.52. The third kappa shape index (κ3) is 4.95. The number of hydrogen-bond donors (Lipinski definition) is 1. The van der Waals surface area contributed by atoms with Crippen LogP contribution in [0.2, 0.25) is 0 Å². The molecule has 0 fully saturated rings. The number of aryl methyl sites for hydroxylation is 2. The van der Waals surface area contributed by atoms with Crippen LogP contribution in [0.4, 0.5) is 0 Å². The smallest absolute Gasteiger partial charge is 0.220 e. The first-order valence-corrected chi connectivity index (χ1v) is 7.12. The normalized spacial score (nSPS) is 10.2. The van der Waals surface area contributed by atoms with E-state index < -0.39 is 0 Å². The summed E-state index contributed by atoms with van der Waals surface area (Å²) in [5, 5.41) is 2.95. The summed E-state index contributed by atoms with van der Waals surface area (Å²) in [4.78, 5) is 11.9. The molecule has 110 valence electrons. The highest BCUT2D eigenvalue weighted by molar-refractivity contribution is 5.76. The topological polar surface area (TPSA) is 38.3 Å². The van der Waals surface area contributed by atoms with Gasteiger partial charge in [0.1, 0.15) is 5.75 Å². The third-order valence-corrected chi connectivity index (χ3v) is 3.39. The van der Waals surface area contributed by atoms with Gasteiger partial charge in [0, 0.05) is 13.0 Å². The number of rotatable bonds is 6. The lowest BCUT2D eigenvalue weighted by molar-refractivity contribution is -0.121. The van der Waals surface area contributed by atoms with Crippen molar-refractivity contribution >= 4 is 5.91 Å². The summed E-state index contributed by atoms with van der Waals surface area (Å²) >= 11 is 0. The Morgan fingerprint density at radius 3 is 2.57 bits per heavy atom. The van der Waals surface area contributed by atoms with Gasteiger partial charge in [0.25, 0.3) is 0 Å². The fraction of sp³-hybridized carbons (Fsp3) is 0.278. The van der Waals surface area contributed by atoms with Gasteiger partial charge in [0.2, 0.25) is 5.91 Å². The second-order valence-corrected chi connectivity index (χ2v) is 5.11. The number of carbonyl (C=O) groups is 1. The Bertz CT molecular complexity index is 590. The molecule has 0 atom stereocenters. The molecule has 3 heteroatoms. The van der Waals surface area contributed by atoms with Crippen molar-refractivity contribution in [2.45, 2.75) is 26.3 Å². The van der Waals surface area contributed by atoms with E-state index in [1.807, 2.05) is 36.4 Å². The van der Waals surface area contributed by atoms with Crippen molar-refractivity contribution < 1.29 is 9.53 Å². The molecule has 0 radical (unpaired) electrons. The summed E-state index contributed by atoms with van der Waals surface area (Å²) in [5.74, 6) is 0.894. The van der Waals surface area contributed by atoms with E-state index in [0.717, 1.165) is 23.3 Å². The zero-order chi connectivity index (χ0) is 15.1. The van der Waals surface area contributed by atoms with E-state index in [-0.39, 0.29) is 5.91 Å². The van der Waals surface area contributed by atoms with Crippen molar-refractivity contribution in [1.82, 2.24) is 5.32 Å². The van der Waals surface area contributed by atoms with E-state index in [1.54, 1.807) is 7.11 Å². The SMILES string of the molecule is COc1cccc(CCC(=O)NCc2ccc(C)cc2)c1. The van der Waals surface area contributed by atoms with Gasteiger partial charge in [-0.15, -0.1) is 0 Å². The van der Waals surface area contributed by atoms with Gasteiger partial charge in [0.05, 0.1) is 7.11 Å². The minimum Gasteiger partial charge on any atom is -0.497 e. The van der Waals surface area contributed by atoms with E-state index in [1.165, 1.54) is 5.56 Å². The first-order chi connectivity index (χ1) is 10.2. The van der Waals surface area contributed by atoms with Crippen LogP contribution in [0.1, 0.15) is 23.1 Å². The van der Waals surface area contributed by atoms with Crippen LogP contribution in [-0.2, 0) is 17.8 Å². The summed E-state index contributed by atoms with van der Waals surface area (Å²) in [6, 6.07) is 16.0. The van der Waals surface area contributed by atoms with E-state index in [0.29, 0.717) is 13.0 Å². The molecule has 1 amide bonds. The largest absolute Gasteiger partial charge is 0.497 e. The quantitative estimate of drug-likeness (QED) is 0.883. The van der Waals surface area contributed by atoms with Crippen LogP contribution < -0.4 is 10.1 Å². The highest BCUT2D eigenvalue weighted by atomic mass is 16.5. The maximum atomic E-state index is 11.9. The summed E-state index contributed by atoms with van der Waals surface area (Å²) in [6.45, 7) is 2.63. The van der Waals surface area contributed by atoms with Gasteiger partial charge in [-0.25, -0.2) is 0 Å². The van der Waals surface area contributed by atoms with Gasteiger partial charge in [0.15, 0.2) is 0 Å². The van der Waals surface area contributed by atoms with Crippen molar-refractivity contribution in [3.8, 4) is 5.75 Å². The van der Waals surface area contributed by atoms with Gasteiger partial charge < -0.3 is 10.1 Å². The van der Waals surface area contributed by atoms with Crippen LogP contribution in [0.3, 0.4) is 0 Å². The van der Waals surface area contributed by atoms with Crippen LogP contribution in [0.25, 0.3) is 0 Å². The van der Waals surface area contributed by atoms with Crippen LogP contribution in [-0.4, -0.2) is 13.0 Å². The Morgan fingerprint density at radius 1 is 1.10 bits per heavy atom. The van der Waals surface area contributed by atoms with Gasteiger partial charge in [-0.1, -0.05) is 42.0 Å². The monoisotopic (exact) mass is 283 g/mol. The predicted octanol–water partition coefficient (Wildman–Crippen LogP) is 3.25. The maximum Gasteiger partial charge on any atom is 0.220 e. The molecule has 1 N–H and O–H groups in total. The zero-order valence-electron chi connectivity index (χ0n) is 12.6. The van der Waals surface area contributed by atoms with Crippen LogP contribution in [0, 0.1) is 6.92 Å². The second kappa shape index (κ2) is 7.48. The molecule has 2 aromatic carbocycles. The molecule has 0 spiro atoms. The maximum absolute atomic E-state index is 11.9. The van der Waals surface area contributed by atoms with Crippen LogP contribution in [0.5, 0.6) is 5.75 Å². The lowest BCUT2D eigenvalue weighted by Crippen LogP contribution is -2.22. The van der Waals surface area contributed by atoms with Gasteiger partial charge in [-0.05, 0) is 36.6 Å². The van der Waals surface area contributed by atoms with E-state index in [4.69, 9.17) is 4.74 Å². The lowest BCUT2D eigenvalue weighted by Gasteiger charge is -2.07. The van der Waals surface area contributed by atoms with E-state index >= 15 is 0 Å². The van der Waals surface area contributed by atoms with Gasteiger partial charge in [-0.3, -0.25) is 4.79 Å². The highest BCUT2D eigenvalue weighted by Gasteiger charge is 2.03. The predicted molar refractivity (Wildman–Crippen MR) is 84.3 cm³/mol. The third-order valence-electron chi connectivity index (χ3n) is 3.39.